The largest absolute Gasteiger partial charge is 0.466 e. The fourth-order valence-corrected chi connectivity index (χ4v) is 3.01. The number of rotatable bonds is 9. The van der Waals surface area contributed by atoms with E-state index in [1.165, 1.54) is 4.90 Å². The number of likely N-dealkylation sites (N-methyl/N-ethyl adjacent to an activating group) is 1. The SMILES string of the molecule is CCOC(=O)C[C@H](NC(=O)N(C)CCc1noc(-c2ccccc2)n1)c1ccccc1. The van der Waals surface area contributed by atoms with Crippen LogP contribution in [0.4, 0.5) is 4.79 Å². The first-order chi connectivity index (χ1) is 15.1. The molecular weight excluding hydrogens is 396 g/mol. The van der Waals surface area contributed by atoms with Gasteiger partial charge in [0.1, 0.15) is 0 Å². The lowest BCUT2D eigenvalue weighted by atomic mass is 10.0. The third kappa shape index (κ3) is 6.40. The van der Waals surface area contributed by atoms with E-state index in [1.807, 2.05) is 60.7 Å². The Bertz CT molecular complexity index is 976. The predicted octanol–water partition coefficient (Wildman–Crippen LogP) is 3.62. The Balaban J connectivity index is 1.58. The van der Waals surface area contributed by atoms with Gasteiger partial charge in [0.2, 0.25) is 0 Å². The summed E-state index contributed by atoms with van der Waals surface area (Å²) in [7, 11) is 1.68. The van der Waals surface area contributed by atoms with Gasteiger partial charge in [-0.15, -0.1) is 0 Å². The zero-order valence-electron chi connectivity index (χ0n) is 17.7. The minimum absolute atomic E-state index is 0.0582. The summed E-state index contributed by atoms with van der Waals surface area (Å²) in [6, 6.07) is 18.1. The van der Waals surface area contributed by atoms with Gasteiger partial charge in [0.15, 0.2) is 5.82 Å². The topological polar surface area (TPSA) is 97.6 Å². The molecule has 0 aliphatic rings. The molecule has 0 fully saturated rings. The van der Waals surface area contributed by atoms with Crippen LogP contribution in [0.1, 0.15) is 30.8 Å². The first-order valence-corrected chi connectivity index (χ1v) is 10.2. The Kier molecular flexibility index (Phi) is 7.75. The lowest BCUT2D eigenvalue weighted by molar-refractivity contribution is -0.143. The average Bonchev–Trinajstić information content (AvgIpc) is 3.27. The zero-order chi connectivity index (χ0) is 22.1. The van der Waals surface area contributed by atoms with Crippen molar-refractivity contribution >= 4 is 12.0 Å². The number of benzene rings is 2. The van der Waals surface area contributed by atoms with E-state index < -0.39 is 6.04 Å². The smallest absolute Gasteiger partial charge is 0.317 e. The predicted molar refractivity (Wildman–Crippen MR) is 115 cm³/mol. The van der Waals surface area contributed by atoms with Gasteiger partial charge in [-0.25, -0.2) is 4.79 Å². The van der Waals surface area contributed by atoms with Gasteiger partial charge in [0, 0.05) is 25.6 Å². The molecule has 1 atom stereocenters. The van der Waals surface area contributed by atoms with E-state index in [-0.39, 0.29) is 18.4 Å². The average molecular weight is 422 g/mol. The van der Waals surface area contributed by atoms with E-state index in [9.17, 15) is 9.59 Å². The van der Waals surface area contributed by atoms with Gasteiger partial charge in [0.05, 0.1) is 19.1 Å². The van der Waals surface area contributed by atoms with Crippen LogP contribution in [0.25, 0.3) is 11.5 Å². The number of carbonyl (C=O) groups excluding carboxylic acids is 2. The summed E-state index contributed by atoms with van der Waals surface area (Å²) < 4.78 is 10.4. The number of amides is 2. The van der Waals surface area contributed by atoms with E-state index in [0.717, 1.165) is 11.1 Å². The van der Waals surface area contributed by atoms with E-state index in [2.05, 4.69) is 15.5 Å². The maximum Gasteiger partial charge on any atom is 0.317 e. The zero-order valence-corrected chi connectivity index (χ0v) is 17.7. The Labute approximate surface area is 181 Å². The van der Waals surface area contributed by atoms with Crippen LogP contribution in [0.3, 0.4) is 0 Å². The summed E-state index contributed by atoms with van der Waals surface area (Å²) in [6.45, 7) is 2.44. The number of nitrogens with one attached hydrogen (secondary N) is 1. The van der Waals surface area contributed by atoms with E-state index in [0.29, 0.717) is 31.3 Å². The molecule has 8 nitrogen and oxygen atoms in total. The quantitative estimate of drug-likeness (QED) is 0.529. The third-order valence-corrected chi connectivity index (χ3v) is 4.68. The number of aromatic nitrogens is 2. The molecule has 31 heavy (non-hydrogen) atoms. The van der Waals surface area contributed by atoms with Crippen LogP contribution in [0.15, 0.2) is 65.2 Å². The van der Waals surface area contributed by atoms with Crippen molar-refractivity contribution in [3.05, 3.63) is 72.1 Å². The monoisotopic (exact) mass is 422 g/mol. The Morgan fingerprint density at radius 1 is 1.10 bits per heavy atom. The fourth-order valence-electron chi connectivity index (χ4n) is 3.01. The van der Waals surface area contributed by atoms with Gasteiger partial charge in [-0.3, -0.25) is 4.79 Å². The van der Waals surface area contributed by atoms with Crippen molar-refractivity contribution in [3.63, 3.8) is 0 Å². The van der Waals surface area contributed by atoms with Gasteiger partial charge in [-0.2, -0.15) is 4.98 Å². The summed E-state index contributed by atoms with van der Waals surface area (Å²) in [6.07, 6.45) is 0.497. The van der Waals surface area contributed by atoms with Crippen LogP contribution < -0.4 is 5.32 Å². The molecule has 0 saturated carbocycles. The molecule has 2 amide bonds. The number of carbonyl (C=O) groups is 2. The summed E-state index contributed by atoms with van der Waals surface area (Å²) in [5.41, 5.74) is 1.68. The number of hydrogen-bond donors (Lipinski definition) is 1. The normalized spacial score (nSPS) is 11.5. The van der Waals surface area contributed by atoms with Crippen molar-refractivity contribution in [2.45, 2.75) is 25.8 Å². The molecule has 2 aromatic carbocycles. The molecular formula is C23H26N4O4. The summed E-state index contributed by atoms with van der Waals surface area (Å²) >= 11 is 0. The molecule has 8 heteroatoms. The molecule has 0 aliphatic heterocycles. The number of nitrogens with zero attached hydrogens (tertiary/aromatic N) is 3. The van der Waals surface area contributed by atoms with Crippen molar-refractivity contribution in [1.82, 2.24) is 20.4 Å². The summed E-state index contributed by atoms with van der Waals surface area (Å²) in [4.78, 5) is 30.6. The number of hydrogen-bond acceptors (Lipinski definition) is 6. The fraction of sp³-hybridized carbons (Fsp3) is 0.304. The van der Waals surface area contributed by atoms with Crippen molar-refractivity contribution in [3.8, 4) is 11.5 Å². The number of esters is 1. The van der Waals surface area contributed by atoms with Crippen molar-refractivity contribution < 1.29 is 18.8 Å². The van der Waals surface area contributed by atoms with Crippen molar-refractivity contribution in [2.75, 3.05) is 20.2 Å². The lowest BCUT2D eigenvalue weighted by Crippen LogP contribution is -2.41. The minimum Gasteiger partial charge on any atom is -0.466 e. The molecule has 0 unspecified atom stereocenters. The van der Waals surface area contributed by atoms with Gasteiger partial charge < -0.3 is 19.5 Å². The second-order valence-corrected chi connectivity index (χ2v) is 6.98. The van der Waals surface area contributed by atoms with Crippen LogP contribution in [-0.2, 0) is 16.0 Å². The molecule has 1 heterocycles. The highest BCUT2D eigenvalue weighted by molar-refractivity contribution is 5.76. The molecule has 1 N–H and O–H groups in total. The molecule has 162 valence electrons. The number of urea groups is 1. The van der Waals surface area contributed by atoms with Crippen LogP contribution in [0.2, 0.25) is 0 Å². The highest BCUT2D eigenvalue weighted by Crippen LogP contribution is 2.18. The second kappa shape index (κ2) is 10.9. The molecule has 0 aliphatic carbocycles. The standard InChI is InChI=1S/C23H26N4O4/c1-3-30-21(28)16-19(17-10-6-4-7-11-17)24-23(29)27(2)15-14-20-25-22(31-26-20)18-12-8-5-9-13-18/h4-13,19H,3,14-16H2,1-2H3,(H,24,29)/t19-/m0/s1. The van der Waals surface area contributed by atoms with Gasteiger partial charge >= 0.3 is 12.0 Å². The van der Waals surface area contributed by atoms with Gasteiger partial charge in [0.25, 0.3) is 5.89 Å². The molecule has 0 saturated heterocycles. The van der Waals surface area contributed by atoms with Crippen LogP contribution in [0.5, 0.6) is 0 Å². The first-order valence-electron chi connectivity index (χ1n) is 10.2. The van der Waals surface area contributed by atoms with Gasteiger partial charge in [-0.1, -0.05) is 53.7 Å². The van der Waals surface area contributed by atoms with E-state index >= 15 is 0 Å². The third-order valence-electron chi connectivity index (χ3n) is 4.68. The lowest BCUT2D eigenvalue weighted by Gasteiger charge is -2.23. The second-order valence-electron chi connectivity index (χ2n) is 6.98. The molecule has 1 aromatic heterocycles. The Hall–Kier alpha value is -3.68. The van der Waals surface area contributed by atoms with Crippen molar-refractivity contribution in [2.24, 2.45) is 0 Å². The molecule has 0 spiro atoms. The molecule has 3 aromatic rings. The summed E-state index contributed by atoms with van der Waals surface area (Å²) in [5, 5.41) is 6.90. The molecule has 3 rings (SSSR count). The first kappa shape index (κ1) is 22.0. The summed E-state index contributed by atoms with van der Waals surface area (Å²) in [5.74, 6) is 0.602. The van der Waals surface area contributed by atoms with E-state index in [4.69, 9.17) is 9.26 Å². The van der Waals surface area contributed by atoms with Crippen LogP contribution >= 0.6 is 0 Å². The van der Waals surface area contributed by atoms with Crippen LogP contribution in [0, 0.1) is 0 Å². The van der Waals surface area contributed by atoms with Crippen molar-refractivity contribution in [1.29, 1.82) is 0 Å². The Morgan fingerprint density at radius 3 is 2.45 bits per heavy atom. The molecule has 0 bridgehead atoms. The van der Waals surface area contributed by atoms with E-state index in [1.54, 1.807) is 14.0 Å². The Morgan fingerprint density at radius 2 is 1.77 bits per heavy atom. The number of ether oxygens (including phenoxy) is 1. The maximum atomic E-state index is 12.7. The molecule has 0 radical (unpaired) electrons. The van der Waals surface area contributed by atoms with Gasteiger partial charge in [-0.05, 0) is 24.6 Å². The highest BCUT2D eigenvalue weighted by atomic mass is 16.5. The van der Waals surface area contributed by atoms with Crippen LogP contribution in [-0.4, -0.2) is 47.2 Å². The maximum absolute atomic E-state index is 12.7. The highest BCUT2D eigenvalue weighted by Gasteiger charge is 2.21. The minimum atomic E-state index is -0.481.